The molecule has 0 aliphatic heterocycles. The number of aromatic hydroxyl groups is 2. The van der Waals surface area contributed by atoms with E-state index in [0.717, 1.165) is 63.5 Å². The Morgan fingerprint density at radius 1 is 0.473 bits per heavy atom. The highest BCUT2D eigenvalue weighted by atomic mass is 32.2. The molecule has 2 aromatic rings. The van der Waals surface area contributed by atoms with E-state index in [0.29, 0.717) is 12.8 Å². The molecule has 0 fully saturated rings. The largest absolute Gasteiger partial charge is 0.507 e. The predicted molar refractivity (Wildman–Crippen MR) is 224 cm³/mol. The first-order chi connectivity index (χ1) is 26.4. The molecule has 0 radical (unpaired) electrons. The maximum Gasteiger partial charge on any atom is 0.336 e. The molecular weight excluding hydrogens is 713 g/mol. The van der Waals surface area contributed by atoms with Crippen molar-refractivity contribution in [3.8, 4) is 11.5 Å². The third kappa shape index (κ3) is 16.1. The van der Waals surface area contributed by atoms with Gasteiger partial charge in [-0.15, -0.1) is 0 Å². The van der Waals surface area contributed by atoms with Crippen molar-refractivity contribution in [1.29, 1.82) is 0 Å². The normalized spacial score (nSPS) is 12.9. The Morgan fingerprint density at radius 2 is 0.727 bits per heavy atom. The van der Waals surface area contributed by atoms with Crippen LogP contribution >= 0.6 is 0 Å². The molecule has 4 N–H and O–H groups in total. The minimum Gasteiger partial charge on any atom is -0.507 e. The minimum atomic E-state index is -4.80. The predicted octanol–water partition coefficient (Wildman–Crippen LogP) is 13.7. The summed E-state index contributed by atoms with van der Waals surface area (Å²) in [5, 5.41) is 42.7. The minimum absolute atomic E-state index is 0.0183. The number of hydrogen-bond acceptors (Lipinski definition) is 6. The van der Waals surface area contributed by atoms with Gasteiger partial charge in [0, 0.05) is 0 Å². The van der Waals surface area contributed by atoms with E-state index < -0.39 is 54.9 Å². The summed E-state index contributed by atoms with van der Waals surface area (Å²) in [7, 11) is -4.80. The third-order valence-electron chi connectivity index (χ3n) is 11.3. The number of hydrogen-bond donors (Lipinski definition) is 4. The Kier molecular flexibility index (Phi) is 23.4. The molecule has 0 saturated heterocycles. The molecule has 0 aliphatic carbocycles. The molecule has 2 aromatic carbocycles. The summed E-state index contributed by atoms with van der Waals surface area (Å²) < 4.78 is 29.4. The molecule has 0 spiro atoms. The Labute approximate surface area is 333 Å². The number of aromatic carboxylic acids is 2. The van der Waals surface area contributed by atoms with Crippen molar-refractivity contribution in [2.24, 2.45) is 0 Å². The number of phenolic OH excluding ortho intramolecular Hbond substituents is 2. The fourth-order valence-corrected chi connectivity index (χ4v) is 10.2. The molecule has 55 heavy (non-hydrogen) atoms. The molecule has 2 rings (SSSR count). The highest BCUT2D eigenvalue weighted by Crippen LogP contribution is 2.45. The molecule has 0 aromatic heterocycles. The van der Waals surface area contributed by atoms with Crippen molar-refractivity contribution >= 4 is 21.8 Å². The summed E-state index contributed by atoms with van der Waals surface area (Å²) >= 11 is 0. The van der Waals surface area contributed by atoms with Gasteiger partial charge in [0.2, 0.25) is 9.84 Å². The summed E-state index contributed by atoms with van der Waals surface area (Å²) in [6, 6.07) is 4.55. The number of rotatable bonds is 32. The summed E-state index contributed by atoms with van der Waals surface area (Å²) in [6.07, 6.45) is 29.0. The molecule has 0 amide bonds. The van der Waals surface area contributed by atoms with Crippen molar-refractivity contribution in [3.05, 3.63) is 46.5 Å². The van der Waals surface area contributed by atoms with Gasteiger partial charge in [0.1, 0.15) is 21.3 Å². The fourth-order valence-electron chi connectivity index (χ4n) is 8.07. The Bertz CT molecular complexity index is 1430. The molecule has 2 atom stereocenters. The number of sulfone groups is 1. The van der Waals surface area contributed by atoms with Crippen molar-refractivity contribution in [2.75, 3.05) is 0 Å². The van der Waals surface area contributed by atoms with Crippen LogP contribution in [0, 0.1) is 0 Å². The van der Waals surface area contributed by atoms with E-state index in [4.69, 9.17) is 0 Å². The fraction of sp³-hybridized carbons (Fsp3) is 0.696. The lowest BCUT2D eigenvalue weighted by Gasteiger charge is -2.24. The first-order valence-electron chi connectivity index (χ1n) is 21.8. The van der Waals surface area contributed by atoms with Gasteiger partial charge in [-0.1, -0.05) is 182 Å². The molecular formula is C46H74O8S. The number of unbranched alkanes of at least 4 members (excludes halogenated alkanes) is 22. The van der Waals surface area contributed by atoms with Crippen LogP contribution in [0.5, 0.6) is 11.5 Å². The number of carbonyl (C=O) groups is 2. The van der Waals surface area contributed by atoms with Gasteiger partial charge in [-0.3, -0.25) is 0 Å². The lowest BCUT2D eigenvalue weighted by molar-refractivity contribution is 0.0684. The van der Waals surface area contributed by atoms with Gasteiger partial charge < -0.3 is 20.4 Å². The van der Waals surface area contributed by atoms with E-state index in [2.05, 4.69) is 13.8 Å². The topological polar surface area (TPSA) is 149 Å². The molecule has 2 unspecified atom stereocenters. The monoisotopic (exact) mass is 787 g/mol. The van der Waals surface area contributed by atoms with Crippen LogP contribution in [0.1, 0.15) is 238 Å². The number of carboxylic acids is 2. The maximum atomic E-state index is 14.7. The van der Waals surface area contributed by atoms with E-state index in [9.17, 15) is 38.4 Å². The smallest absolute Gasteiger partial charge is 0.336 e. The summed E-state index contributed by atoms with van der Waals surface area (Å²) in [5.74, 6) is -4.98. The van der Waals surface area contributed by atoms with Crippen LogP contribution in [0.2, 0.25) is 0 Å². The maximum absolute atomic E-state index is 14.7. The van der Waals surface area contributed by atoms with Crippen LogP contribution in [0.25, 0.3) is 0 Å². The molecule has 0 heterocycles. The zero-order valence-corrected chi connectivity index (χ0v) is 35.5. The second kappa shape index (κ2) is 26.7. The van der Waals surface area contributed by atoms with Gasteiger partial charge >= 0.3 is 11.9 Å². The number of phenols is 2. The first kappa shape index (κ1) is 48.1. The SMILES string of the molecule is CCCCCCCCCCCCCCC(C)c1c(C(=O)O)ccc(O)c1S(=O)(=O)c1c(O)ccc(C(=O)O)c1C(C)CCCCCCCCCCCCCC. The van der Waals surface area contributed by atoms with Crippen molar-refractivity contribution in [2.45, 2.75) is 216 Å². The standard InChI is InChI=1S/C46H74O8S/c1-5-7-9-11-13-15-17-19-21-23-25-27-29-35(3)41-37(45(49)50)31-33-39(47)43(41)55(53,54)44-40(48)34-32-38(46(51)52)42(44)36(4)30-28-26-24-22-20-18-16-14-12-10-8-6-2/h31-36,47-48H,5-30H2,1-4H3,(H,49,50)(H,51,52). The quantitative estimate of drug-likeness (QED) is 0.0535. The lowest BCUT2D eigenvalue weighted by atomic mass is 9.90. The van der Waals surface area contributed by atoms with Gasteiger partial charge in [-0.2, -0.15) is 0 Å². The second-order valence-electron chi connectivity index (χ2n) is 16.0. The third-order valence-corrected chi connectivity index (χ3v) is 13.2. The molecule has 9 heteroatoms. The number of carboxylic acid groups (broad SMARTS) is 2. The highest BCUT2D eigenvalue weighted by Gasteiger charge is 2.37. The van der Waals surface area contributed by atoms with Crippen molar-refractivity contribution < 1.29 is 38.4 Å². The van der Waals surface area contributed by atoms with Gasteiger partial charge in [-0.25, -0.2) is 18.0 Å². The molecule has 8 nitrogen and oxygen atoms in total. The average Bonchev–Trinajstić information content (AvgIpc) is 3.14. The Morgan fingerprint density at radius 3 is 0.982 bits per heavy atom. The van der Waals surface area contributed by atoms with Crippen LogP contribution in [-0.4, -0.2) is 40.8 Å². The molecule has 312 valence electrons. The van der Waals surface area contributed by atoms with E-state index in [1.807, 2.05) is 0 Å². The summed E-state index contributed by atoms with van der Waals surface area (Å²) in [6.45, 7) is 7.98. The van der Waals surface area contributed by atoms with Crippen LogP contribution in [0.15, 0.2) is 34.1 Å². The number of benzene rings is 2. The van der Waals surface area contributed by atoms with E-state index in [1.54, 1.807) is 13.8 Å². The molecule has 0 aliphatic rings. The van der Waals surface area contributed by atoms with Crippen LogP contribution in [0.4, 0.5) is 0 Å². The van der Waals surface area contributed by atoms with E-state index in [-0.39, 0.29) is 22.3 Å². The van der Waals surface area contributed by atoms with Crippen LogP contribution in [0.3, 0.4) is 0 Å². The van der Waals surface area contributed by atoms with E-state index >= 15 is 0 Å². The van der Waals surface area contributed by atoms with Crippen LogP contribution in [-0.2, 0) is 9.84 Å². The summed E-state index contributed by atoms with van der Waals surface area (Å²) in [4.78, 5) is 23.9. The van der Waals surface area contributed by atoms with E-state index in [1.165, 1.54) is 115 Å². The molecule has 0 bridgehead atoms. The Hall–Kier alpha value is -3.07. The van der Waals surface area contributed by atoms with Crippen molar-refractivity contribution in [3.63, 3.8) is 0 Å². The Balaban J connectivity index is 2.21. The zero-order chi connectivity index (χ0) is 40.6. The van der Waals surface area contributed by atoms with Crippen LogP contribution < -0.4 is 0 Å². The average molecular weight is 787 g/mol. The zero-order valence-electron chi connectivity index (χ0n) is 34.7. The summed E-state index contributed by atoms with van der Waals surface area (Å²) in [5.41, 5.74) is -0.504. The van der Waals surface area contributed by atoms with Gasteiger partial charge in [0.05, 0.1) is 11.1 Å². The van der Waals surface area contributed by atoms with Gasteiger partial charge in [-0.05, 0) is 60.1 Å². The van der Waals surface area contributed by atoms with Gasteiger partial charge in [0.25, 0.3) is 0 Å². The molecule has 0 saturated carbocycles. The van der Waals surface area contributed by atoms with Crippen molar-refractivity contribution in [1.82, 2.24) is 0 Å². The van der Waals surface area contributed by atoms with Gasteiger partial charge in [0.15, 0.2) is 0 Å². The highest BCUT2D eigenvalue weighted by molar-refractivity contribution is 7.91. The first-order valence-corrected chi connectivity index (χ1v) is 23.3. The lowest BCUT2D eigenvalue weighted by Crippen LogP contribution is -2.17. The second-order valence-corrected chi connectivity index (χ2v) is 17.8.